The van der Waals surface area contributed by atoms with E-state index in [1.54, 1.807) is 6.07 Å². The molecule has 5 atom stereocenters. The number of rotatable bonds is 11. The molecule has 1 aliphatic rings. The van der Waals surface area contributed by atoms with Crippen LogP contribution in [0, 0.1) is 17.3 Å². The van der Waals surface area contributed by atoms with E-state index in [0.29, 0.717) is 27.8 Å². The van der Waals surface area contributed by atoms with Crippen LogP contribution < -0.4 is 0 Å². The van der Waals surface area contributed by atoms with Gasteiger partial charge >= 0.3 is 23.9 Å². The molecule has 11 heteroatoms. The highest BCUT2D eigenvalue weighted by molar-refractivity contribution is 6.90. The summed E-state index contributed by atoms with van der Waals surface area (Å²) in [5.41, 5.74) is 7.76. The summed E-state index contributed by atoms with van der Waals surface area (Å²) < 4.78 is 43.4. The number of carbonyl (C=O) groups is 4. The average Bonchev–Trinajstić information content (AvgIpc) is 2.99. The Morgan fingerprint density at radius 1 is 0.755 bits per heavy atom. The second-order valence-corrected chi connectivity index (χ2v) is 19.1. The van der Waals surface area contributed by atoms with Gasteiger partial charge in [-0.3, -0.25) is 19.2 Å². The van der Waals surface area contributed by atoms with Gasteiger partial charge in [-0.1, -0.05) is 65.7 Å². The first kappa shape index (κ1) is 39.4. The first-order valence-electron chi connectivity index (χ1n) is 16.7. The van der Waals surface area contributed by atoms with E-state index in [-0.39, 0.29) is 13.0 Å². The van der Waals surface area contributed by atoms with Gasteiger partial charge in [-0.15, -0.1) is 5.54 Å². The van der Waals surface area contributed by atoms with Crippen molar-refractivity contribution in [2.24, 2.45) is 0 Å². The Labute approximate surface area is 290 Å². The summed E-state index contributed by atoms with van der Waals surface area (Å²) in [6, 6.07) is 12.1. The molecular formula is C38H49FO9Si. The van der Waals surface area contributed by atoms with Gasteiger partial charge in [0.25, 0.3) is 0 Å². The van der Waals surface area contributed by atoms with Gasteiger partial charge < -0.3 is 23.7 Å². The van der Waals surface area contributed by atoms with Gasteiger partial charge in [0.1, 0.15) is 32.7 Å². The number of esters is 4. The van der Waals surface area contributed by atoms with Crippen molar-refractivity contribution >= 4 is 32.0 Å². The van der Waals surface area contributed by atoms with Gasteiger partial charge in [0, 0.05) is 39.7 Å². The van der Waals surface area contributed by atoms with E-state index < -0.39 is 68.3 Å². The number of benzene rings is 2. The third-order valence-electron chi connectivity index (χ3n) is 9.03. The Balaban J connectivity index is 2.00. The van der Waals surface area contributed by atoms with Crippen LogP contribution in [0.5, 0.6) is 0 Å². The van der Waals surface area contributed by atoms with Crippen LogP contribution in [0.1, 0.15) is 97.6 Å². The fourth-order valence-corrected chi connectivity index (χ4v) is 12.2. The highest BCUT2D eigenvalue weighted by Gasteiger charge is 2.52. The molecule has 49 heavy (non-hydrogen) atoms. The van der Waals surface area contributed by atoms with Gasteiger partial charge in [0.05, 0.1) is 0 Å². The minimum atomic E-state index is -1.90. The second kappa shape index (κ2) is 17.1. The number of hydrogen-bond acceptors (Lipinski definition) is 9. The van der Waals surface area contributed by atoms with Gasteiger partial charge in [-0.25, -0.2) is 4.39 Å². The third-order valence-corrected chi connectivity index (χ3v) is 15.3. The Morgan fingerprint density at radius 2 is 1.29 bits per heavy atom. The molecule has 1 fully saturated rings. The molecule has 0 spiro atoms. The highest BCUT2D eigenvalue weighted by atomic mass is 28.3. The van der Waals surface area contributed by atoms with Crippen LogP contribution in [0.15, 0.2) is 42.5 Å². The lowest BCUT2D eigenvalue weighted by Gasteiger charge is -2.44. The minimum Gasteiger partial charge on any atom is -0.463 e. The summed E-state index contributed by atoms with van der Waals surface area (Å²) in [6.07, 6.45) is -5.87. The zero-order valence-electron chi connectivity index (χ0n) is 30.1. The largest absolute Gasteiger partial charge is 0.463 e. The van der Waals surface area contributed by atoms with Gasteiger partial charge in [-0.05, 0) is 57.6 Å². The van der Waals surface area contributed by atoms with Crippen molar-refractivity contribution in [2.75, 3.05) is 6.61 Å². The minimum absolute atomic E-state index is 0.237. The van der Waals surface area contributed by atoms with Gasteiger partial charge in [-0.2, -0.15) is 0 Å². The standard InChI is InChI=1S/C38H49FO9Si/c1-22(2)49(23(3)4,24(5)6)18-17-29-11-13-30(14-12-29)19-32-20-31(15-16-33(32)39)35-37(46-27(9)42)38(47-28(10)43)36(45-26(8)41)34(48-35)21-44-25(7)40/h11-16,20,22-24,34-38H,19,21H2,1-10H3/t34-,35+,36-,37+,38+/m1/s1. The fraction of sp³-hybridized carbons (Fsp3) is 0.526. The van der Waals surface area contributed by atoms with Crippen molar-refractivity contribution in [3.63, 3.8) is 0 Å². The summed E-state index contributed by atoms with van der Waals surface area (Å²) in [5.74, 6) is 0.201. The van der Waals surface area contributed by atoms with Crippen molar-refractivity contribution in [1.82, 2.24) is 0 Å². The van der Waals surface area contributed by atoms with E-state index in [2.05, 4.69) is 53.0 Å². The first-order valence-corrected chi connectivity index (χ1v) is 18.9. The van der Waals surface area contributed by atoms with Crippen molar-refractivity contribution < 1.29 is 47.3 Å². The van der Waals surface area contributed by atoms with Crippen molar-refractivity contribution in [3.8, 4) is 11.5 Å². The lowest BCUT2D eigenvalue weighted by atomic mass is 9.89. The predicted molar refractivity (Wildman–Crippen MR) is 184 cm³/mol. The monoisotopic (exact) mass is 696 g/mol. The third kappa shape index (κ3) is 10.0. The number of hydrogen-bond donors (Lipinski definition) is 0. The maximum atomic E-state index is 15.3. The molecule has 0 unspecified atom stereocenters. The summed E-state index contributed by atoms with van der Waals surface area (Å²) in [7, 11) is -1.90. The molecule has 3 rings (SSSR count). The Hall–Kier alpha value is -4.01. The molecule has 0 aromatic heterocycles. The number of halogens is 1. The summed E-state index contributed by atoms with van der Waals surface area (Å²) in [4.78, 5) is 48.2. The molecule has 0 N–H and O–H groups in total. The maximum absolute atomic E-state index is 15.3. The van der Waals surface area contributed by atoms with Crippen LogP contribution in [0.3, 0.4) is 0 Å². The van der Waals surface area contributed by atoms with Gasteiger partial charge in [0.15, 0.2) is 18.3 Å². The van der Waals surface area contributed by atoms with E-state index >= 15 is 4.39 Å². The average molecular weight is 697 g/mol. The lowest BCUT2D eigenvalue weighted by Crippen LogP contribution is -2.59. The second-order valence-electron chi connectivity index (χ2n) is 13.5. The van der Waals surface area contributed by atoms with Crippen LogP contribution >= 0.6 is 0 Å². The van der Waals surface area contributed by atoms with Crippen LogP contribution in [0.25, 0.3) is 0 Å². The number of ether oxygens (including phenoxy) is 5. The zero-order valence-corrected chi connectivity index (χ0v) is 31.1. The van der Waals surface area contributed by atoms with E-state index in [0.717, 1.165) is 25.0 Å². The van der Waals surface area contributed by atoms with Crippen LogP contribution in [0.2, 0.25) is 16.6 Å². The Kier molecular flexibility index (Phi) is 13.7. The Bertz CT molecular complexity index is 1540. The zero-order chi connectivity index (χ0) is 36.6. The van der Waals surface area contributed by atoms with E-state index in [9.17, 15) is 19.2 Å². The molecule has 0 amide bonds. The molecule has 0 aliphatic carbocycles. The van der Waals surface area contributed by atoms with Crippen LogP contribution in [0.4, 0.5) is 4.39 Å². The predicted octanol–water partition coefficient (Wildman–Crippen LogP) is 6.78. The molecule has 2 aromatic carbocycles. The molecule has 1 aliphatic heterocycles. The molecule has 1 heterocycles. The summed E-state index contributed by atoms with van der Waals surface area (Å²) in [6.45, 7) is 18.0. The van der Waals surface area contributed by atoms with E-state index in [4.69, 9.17) is 23.7 Å². The summed E-state index contributed by atoms with van der Waals surface area (Å²) in [5, 5.41) is 0. The van der Waals surface area contributed by atoms with E-state index in [1.807, 2.05) is 24.3 Å². The molecule has 0 saturated carbocycles. The van der Waals surface area contributed by atoms with Crippen LogP contribution in [-0.2, 0) is 49.3 Å². The Morgan fingerprint density at radius 3 is 1.80 bits per heavy atom. The molecule has 1 saturated heterocycles. The molecule has 9 nitrogen and oxygen atoms in total. The fourth-order valence-electron chi connectivity index (χ4n) is 6.94. The first-order chi connectivity index (χ1) is 23.0. The quantitative estimate of drug-likeness (QED) is 0.109. The van der Waals surface area contributed by atoms with Crippen LogP contribution in [-0.4, -0.2) is 63.0 Å². The molecular weight excluding hydrogens is 647 g/mol. The lowest BCUT2D eigenvalue weighted by molar-refractivity contribution is -0.254. The van der Waals surface area contributed by atoms with Crippen molar-refractivity contribution in [2.45, 2.75) is 123 Å². The van der Waals surface area contributed by atoms with E-state index in [1.165, 1.54) is 26.0 Å². The normalized spacial score (nSPS) is 20.7. The SMILES string of the molecule is CC(=O)OC[C@H]1O[C@@H](c2ccc(F)c(Cc3ccc(C#C[Si](C(C)C)(C(C)C)C(C)C)cc3)c2)[C@H](OC(C)=O)[C@@H](OC(C)=O)[C@@H]1OC(C)=O. The maximum Gasteiger partial charge on any atom is 0.303 e. The summed E-state index contributed by atoms with van der Waals surface area (Å²) >= 11 is 0. The molecule has 0 radical (unpaired) electrons. The van der Waals surface area contributed by atoms with Gasteiger partial charge in [0.2, 0.25) is 0 Å². The highest BCUT2D eigenvalue weighted by Crippen LogP contribution is 2.41. The molecule has 2 aromatic rings. The molecule has 0 bridgehead atoms. The van der Waals surface area contributed by atoms with Crippen molar-refractivity contribution in [1.29, 1.82) is 0 Å². The molecule has 266 valence electrons. The topological polar surface area (TPSA) is 114 Å². The number of carbonyl (C=O) groups excluding carboxylic acids is 4. The smallest absolute Gasteiger partial charge is 0.303 e. The van der Waals surface area contributed by atoms with Crippen molar-refractivity contribution in [3.05, 3.63) is 70.5 Å².